The van der Waals surface area contributed by atoms with Crippen LogP contribution >= 0.6 is 0 Å². The number of likely N-dealkylation sites (tertiary alicyclic amines) is 1. The first-order chi connectivity index (χ1) is 4.29. The lowest BCUT2D eigenvalue weighted by Crippen LogP contribution is -2.63. The Morgan fingerprint density at radius 2 is 2.22 bits per heavy atom. The molecule has 1 rings (SSSR count). The zero-order valence-corrected chi connectivity index (χ0v) is 6.30. The van der Waals surface area contributed by atoms with Crippen LogP contribution in [0, 0.1) is 0 Å². The molecule has 1 saturated heterocycles. The molecule has 2 nitrogen and oxygen atoms in total. The van der Waals surface area contributed by atoms with Crippen LogP contribution < -0.4 is 5.73 Å². The maximum Gasteiger partial charge on any atom is 0.0326 e. The highest BCUT2D eigenvalue weighted by Gasteiger charge is 2.32. The number of rotatable bonds is 2. The molecule has 1 heterocycles. The maximum absolute atomic E-state index is 5.76. The van der Waals surface area contributed by atoms with Gasteiger partial charge in [-0.2, -0.15) is 0 Å². The molecule has 0 aliphatic carbocycles. The summed E-state index contributed by atoms with van der Waals surface area (Å²) in [6.07, 6.45) is 1.20. The van der Waals surface area contributed by atoms with Crippen LogP contribution in [0.25, 0.3) is 0 Å². The molecule has 2 N–H and O–H groups in total. The van der Waals surface area contributed by atoms with Gasteiger partial charge in [0.1, 0.15) is 0 Å². The lowest BCUT2D eigenvalue weighted by Gasteiger charge is -2.45. The molecule has 1 fully saturated rings. The average Bonchev–Trinajstić information content (AvgIpc) is 1.83. The highest BCUT2D eigenvalue weighted by molar-refractivity contribution is 4.92. The zero-order chi connectivity index (χ0) is 6.85. The highest BCUT2D eigenvalue weighted by Crippen LogP contribution is 2.17. The van der Waals surface area contributed by atoms with E-state index in [-0.39, 0.29) is 0 Å². The van der Waals surface area contributed by atoms with E-state index in [0.29, 0.717) is 12.1 Å². The van der Waals surface area contributed by atoms with Crippen molar-refractivity contribution in [3.63, 3.8) is 0 Å². The van der Waals surface area contributed by atoms with Crippen molar-refractivity contribution >= 4 is 0 Å². The SMILES string of the molecule is CCC1C(N)CN1CC. The van der Waals surface area contributed by atoms with Crippen LogP contribution in [-0.2, 0) is 0 Å². The minimum atomic E-state index is 0.454. The van der Waals surface area contributed by atoms with Gasteiger partial charge in [0, 0.05) is 18.6 Å². The summed E-state index contributed by atoms with van der Waals surface area (Å²) >= 11 is 0. The van der Waals surface area contributed by atoms with E-state index in [4.69, 9.17) is 5.73 Å². The predicted molar refractivity (Wildman–Crippen MR) is 39.3 cm³/mol. The first-order valence-corrected chi connectivity index (χ1v) is 3.79. The molecule has 0 amide bonds. The van der Waals surface area contributed by atoms with E-state index in [0.717, 1.165) is 13.1 Å². The van der Waals surface area contributed by atoms with Gasteiger partial charge in [0.15, 0.2) is 0 Å². The molecular weight excluding hydrogens is 112 g/mol. The number of likely N-dealkylation sites (N-methyl/N-ethyl adjacent to an activating group) is 1. The van der Waals surface area contributed by atoms with Gasteiger partial charge < -0.3 is 5.73 Å². The Hall–Kier alpha value is -0.0800. The van der Waals surface area contributed by atoms with Gasteiger partial charge in [-0.3, -0.25) is 4.90 Å². The Labute approximate surface area is 57.0 Å². The fourth-order valence-electron chi connectivity index (χ4n) is 1.59. The van der Waals surface area contributed by atoms with Crippen molar-refractivity contribution in [1.82, 2.24) is 4.90 Å². The first-order valence-electron chi connectivity index (χ1n) is 3.79. The highest BCUT2D eigenvalue weighted by atomic mass is 15.2. The van der Waals surface area contributed by atoms with Gasteiger partial charge in [-0.25, -0.2) is 0 Å². The molecular formula is C7H16N2. The molecule has 0 spiro atoms. The Bertz CT molecular complexity index is 92.9. The first kappa shape index (κ1) is 7.03. The van der Waals surface area contributed by atoms with Crippen LogP contribution in [0.2, 0.25) is 0 Å². The third-order valence-corrected chi connectivity index (χ3v) is 2.23. The Morgan fingerprint density at radius 3 is 2.44 bits per heavy atom. The Kier molecular flexibility index (Phi) is 2.09. The predicted octanol–water partition coefficient (Wildman–Crippen LogP) is 0.428. The number of nitrogens with two attached hydrogens (primary N) is 1. The quantitative estimate of drug-likeness (QED) is 0.584. The molecule has 1 aliphatic heterocycles. The summed E-state index contributed by atoms with van der Waals surface area (Å²) in [5.41, 5.74) is 5.76. The van der Waals surface area contributed by atoms with Crippen LogP contribution in [0.3, 0.4) is 0 Å². The normalized spacial score (nSPS) is 36.3. The number of hydrogen-bond acceptors (Lipinski definition) is 2. The second-order valence-electron chi connectivity index (χ2n) is 2.73. The second-order valence-corrected chi connectivity index (χ2v) is 2.73. The van der Waals surface area contributed by atoms with Gasteiger partial charge in [0.2, 0.25) is 0 Å². The summed E-state index contributed by atoms with van der Waals surface area (Å²) in [5.74, 6) is 0. The van der Waals surface area contributed by atoms with E-state index in [2.05, 4.69) is 18.7 Å². The van der Waals surface area contributed by atoms with Crippen LogP contribution in [0.5, 0.6) is 0 Å². The number of nitrogens with zero attached hydrogens (tertiary/aromatic N) is 1. The molecule has 0 bridgehead atoms. The van der Waals surface area contributed by atoms with Crippen molar-refractivity contribution in [1.29, 1.82) is 0 Å². The Morgan fingerprint density at radius 1 is 1.56 bits per heavy atom. The van der Waals surface area contributed by atoms with E-state index in [1.54, 1.807) is 0 Å². The topological polar surface area (TPSA) is 29.3 Å². The third-order valence-electron chi connectivity index (χ3n) is 2.23. The minimum Gasteiger partial charge on any atom is -0.325 e. The smallest absolute Gasteiger partial charge is 0.0326 e. The van der Waals surface area contributed by atoms with Gasteiger partial charge in [-0.1, -0.05) is 13.8 Å². The monoisotopic (exact) mass is 128 g/mol. The van der Waals surface area contributed by atoms with Gasteiger partial charge in [-0.05, 0) is 13.0 Å². The van der Waals surface area contributed by atoms with E-state index in [9.17, 15) is 0 Å². The fourth-order valence-corrected chi connectivity index (χ4v) is 1.59. The molecule has 0 aromatic heterocycles. The minimum absolute atomic E-state index is 0.454. The summed E-state index contributed by atoms with van der Waals surface area (Å²) in [6, 6.07) is 1.13. The van der Waals surface area contributed by atoms with Crippen LogP contribution in [0.15, 0.2) is 0 Å². The summed E-state index contributed by atoms with van der Waals surface area (Å²) in [6.45, 7) is 6.65. The molecule has 0 aromatic rings. The standard InChI is InChI=1S/C7H16N2/c1-3-7-6(8)5-9(7)4-2/h6-7H,3-5,8H2,1-2H3. The van der Waals surface area contributed by atoms with Crippen molar-refractivity contribution < 1.29 is 0 Å². The van der Waals surface area contributed by atoms with Crippen LogP contribution in [0.4, 0.5) is 0 Å². The second kappa shape index (κ2) is 2.67. The summed E-state index contributed by atoms with van der Waals surface area (Å²) in [4.78, 5) is 2.42. The summed E-state index contributed by atoms with van der Waals surface area (Å²) in [7, 11) is 0. The van der Waals surface area contributed by atoms with Gasteiger partial charge in [0.25, 0.3) is 0 Å². The van der Waals surface area contributed by atoms with Gasteiger partial charge in [-0.15, -0.1) is 0 Å². The maximum atomic E-state index is 5.76. The fraction of sp³-hybridized carbons (Fsp3) is 1.00. The van der Waals surface area contributed by atoms with Crippen molar-refractivity contribution in [2.75, 3.05) is 13.1 Å². The van der Waals surface area contributed by atoms with E-state index in [1.807, 2.05) is 0 Å². The van der Waals surface area contributed by atoms with Crippen molar-refractivity contribution in [3.8, 4) is 0 Å². The molecule has 54 valence electrons. The van der Waals surface area contributed by atoms with Crippen molar-refractivity contribution in [2.24, 2.45) is 5.73 Å². The van der Waals surface area contributed by atoms with Gasteiger partial charge in [0.05, 0.1) is 0 Å². The summed E-state index contributed by atoms with van der Waals surface area (Å²) < 4.78 is 0. The van der Waals surface area contributed by atoms with Gasteiger partial charge >= 0.3 is 0 Å². The van der Waals surface area contributed by atoms with Crippen molar-refractivity contribution in [3.05, 3.63) is 0 Å². The molecule has 9 heavy (non-hydrogen) atoms. The van der Waals surface area contributed by atoms with E-state index in [1.165, 1.54) is 6.42 Å². The summed E-state index contributed by atoms with van der Waals surface area (Å²) in [5, 5.41) is 0. The third kappa shape index (κ3) is 1.10. The molecule has 2 atom stereocenters. The lowest BCUT2D eigenvalue weighted by atomic mass is 9.95. The molecule has 2 heteroatoms. The van der Waals surface area contributed by atoms with E-state index < -0.39 is 0 Å². The average molecular weight is 128 g/mol. The van der Waals surface area contributed by atoms with E-state index >= 15 is 0 Å². The zero-order valence-electron chi connectivity index (χ0n) is 6.30. The molecule has 2 unspecified atom stereocenters. The molecule has 0 radical (unpaired) electrons. The van der Waals surface area contributed by atoms with Crippen LogP contribution in [0.1, 0.15) is 20.3 Å². The van der Waals surface area contributed by atoms with Crippen LogP contribution in [-0.4, -0.2) is 30.1 Å². The molecule has 0 saturated carbocycles. The lowest BCUT2D eigenvalue weighted by molar-refractivity contribution is 0.0664. The van der Waals surface area contributed by atoms with Crippen molar-refractivity contribution in [2.45, 2.75) is 32.4 Å². The Balaban J connectivity index is 2.29. The largest absolute Gasteiger partial charge is 0.325 e. The molecule has 1 aliphatic rings. The molecule has 0 aromatic carbocycles. The number of hydrogen-bond donors (Lipinski definition) is 1.